The van der Waals surface area contributed by atoms with Gasteiger partial charge in [-0.1, -0.05) is 72.8 Å². The molecule has 8 aromatic rings. The summed E-state index contributed by atoms with van der Waals surface area (Å²) in [6.45, 7) is 2.12. The van der Waals surface area contributed by atoms with E-state index in [1.165, 1.54) is 54.8 Å². The fraction of sp³-hybridized carbons (Fsp3) is 0.0732. The molecule has 6 heteroatoms. The highest BCUT2D eigenvalue weighted by atomic mass is 19.1. The third-order valence-electron chi connectivity index (χ3n) is 10.5. The lowest BCUT2D eigenvalue weighted by Gasteiger charge is -2.44. The molecule has 2 aliphatic heterocycles. The molecule has 4 heterocycles. The van der Waals surface area contributed by atoms with Crippen molar-refractivity contribution in [2.24, 2.45) is 14.1 Å². The highest BCUT2D eigenvalue weighted by Gasteiger charge is 2.44. The van der Waals surface area contributed by atoms with Gasteiger partial charge in [0, 0.05) is 64.7 Å². The van der Waals surface area contributed by atoms with Crippen molar-refractivity contribution in [3.05, 3.63) is 139 Å². The number of rotatable bonds is 2. The number of para-hydroxylation sites is 3. The Bertz CT molecular complexity index is 2610. The average molecular weight is 609 g/mol. The molecule has 0 unspecified atom stereocenters. The Labute approximate surface area is 272 Å². The number of fused-ring (bicyclic) bond motifs is 9. The SMILES string of the molecule is Cc1ccccc1N1c2cccc3c2B(c2cc4c5ccccc5n(C)c4cc2N3c2ccccc2F)c2ccc3ccn(C)c3c21. The van der Waals surface area contributed by atoms with Gasteiger partial charge in [-0.3, -0.25) is 0 Å². The normalized spacial score (nSPS) is 13.4. The van der Waals surface area contributed by atoms with E-state index in [1.54, 1.807) is 12.1 Å². The molecule has 2 aliphatic rings. The Morgan fingerprint density at radius 3 is 2.13 bits per heavy atom. The van der Waals surface area contributed by atoms with Crippen molar-refractivity contribution in [1.82, 2.24) is 9.13 Å². The highest BCUT2D eigenvalue weighted by molar-refractivity contribution is 7.00. The predicted octanol–water partition coefficient (Wildman–Crippen LogP) is 8.35. The zero-order chi connectivity index (χ0) is 31.6. The molecule has 0 bridgehead atoms. The minimum atomic E-state index is -0.246. The molecule has 4 nitrogen and oxygen atoms in total. The summed E-state index contributed by atoms with van der Waals surface area (Å²) in [5.41, 5.74) is 14.3. The maximum Gasteiger partial charge on any atom is 0.252 e. The minimum Gasteiger partial charge on any atom is -0.349 e. The second-order valence-corrected chi connectivity index (χ2v) is 12.9. The van der Waals surface area contributed by atoms with Gasteiger partial charge in [-0.2, -0.15) is 0 Å². The van der Waals surface area contributed by atoms with Gasteiger partial charge in [0.05, 0.1) is 22.4 Å². The first kappa shape index (κ1) is 26.5. The molecule has 2 aromatic heterocycles. The van der Waals surface area contributed by atoms with Crippen LogP contribution >= 0.6 is 0 Å². The molecule has 0 aliphatic carbocycles. The summed E-state index contributed by atoms with van der Waals surface area (Å²) in [4.78, 5) is 4.60. The van der Waals surface area contributed by atoms with Crippen LogP contribution in [0.25, 0.3) is 32.7 Å². The minimum absolute atomic E-state index is 0.0582. The second-order valence-electron chi connectivity index (χ2n) is 12.9. The Hall–Kier alpha value is -5.75. The monoisotopic (exact) mass is 608 g/mol. The topological polar surface area (TPSA) is 16.3 Å². The first-order chi connectivity index (χ1) is 23.0. The lowest BCUT2D eigenvalue weighted by molar-refractivity contribution is 0.629. The van der Waals surface area contributed by atoms with Gasteiger partial charge in [-0.15, -0.1) is 0 Å². The lowest BCUT2D eigenvalue weighted by Crippen LogP contribution is -2.61. The fourth-order valence-corrected chi connectivity index (χ4v) is 8.40. The predicted molar refractivity (Wildman–Crippen MR) is 196 cm³/mol. The van der Waals surface area contributed by atoms with Crippen LogP contribution < -0.4 is 26.2 Å². The van der Waals surface area contributed by atoms with Crippen LogP contribution in [0.2, 0.25) is 0 Å². The molecule has 0 saturated carbocycles. The van der Waals surface area contributed by atoms with E-state index in [-0.39, 0.29) is 12.5 Å². The van der Waals surface area contributed by atoms with Crippen LogP contribution in [0.5, 0.6) is 0 Å². The van der Waals surface area contributed by atoms with Gasteiger partial charge in [0.1, 0.15) is 5.82 Å². The van der Waals surface area contributed by atoms with Crippen LogP contribution in [0.15, 0.2) is 128 Å². The Kier molecular flexibility index (Phi) is 5.29. The number of nitrogens with zero attached hydrogens (tertiary/aromatic N) is 4. The largest absolute Gasteiger partial charge is 0.349 e. The zero-order valence-corrected chi connectivity index (χ0v) is 26.4. The molecule has 0 amide bonds. The van der Waals surface area contributed by atoms with Crippen molar-refractivity contribution in [3.8, 4) is 0 Å². The van der Waals surface area contributed by atoms with E-state index < -0.39 is 0 Å². The number of hydrogen-bond donors (Lipinski definition) is 0. The van der Waals surface area contributed by atoms with Crippen molar-refractivity contribution in [2.75, 3.05) is 9.80 Å². The van der Waals surface area contributed by atoms with Crippen molar-refractivity contribution < 1.29 is 4.39 Å². The van der Waals surface area contributed by atoms with Gasteiger partial charge >= 0.3 is 0 Å². The maximum absolute atomic E-state index is 16.0. The molecular weight excluding hydrogens is 578 g/mol. The Morgan fingerprint density at radius 1 is 0.574 bits per heavy atom. The zero-order valence-electron chi connectivity index (χ0n) is 26.4. The Balaban J connectivity index is 1.39. The highest BCUT2D eigenvalue weighted by Crippen LogP contribution is 2.47. The molecule has 224 valence electrons. The first-order valence-corrected chi connectivity index (χ1v) is 16.1. The molecule has 0 fully saturated rings. The van der Waals surface area contributed by atoms with E-state index in [2.05, 4.69) is 143 Å². The molecule has 0 radical (unpaired) electrons. The summed E-state index contributed by atoms with van der Waals surface area (Å²) in [5.74, 6) is -0.246. The van der Waals surface area contributed by atoms with E-state index in [1.807, 2.05) is 12.1 Å². The summed E-state index contributed by atoms with van der Waals surface area (Å²) in [7, 11) is 4.26. The van der Waals surface area contributed by atoms with Crippen LogP contribution in [0, 0.1) is 12.7 Å². The van der Waals surface area contributed by atoms with Crippen LogP contribution in [0.1, 0.15) is 5.56 Å². The molecule has 47 heavy (non-hydrogen) atoms. The summed E-state index contributed by atoms with van der Waals surface area (Å²) in [6, 6.07) is 42.3. The van der Waals surface area contributed by atoms with E-state index in [9.17, 15) is 0 Å². The smallest absolute Gasteiger partial charge is 0.252 e. The quantitative estimate of drug-likeness (QED) is 0.184. The maximum atomic E-state index is 16.0. The molecule has 0 saturated heterocycles. The number of aryl methyl sites for hydroxylation is 3. The van der Waals surface area contributed by atoms with E-state index in [4.69, 9.17) is 0 Å². The third-order valence-corrected chi connectivity index (χ3v) is 10.5. The van der Waals surface area contributed by atoms with Crippen LogP contribution in [0.3, 0.4) is 0 Å². The van der Waals surface area contributed by atoms with Gasteiger partial charge in [0.15, 0.2) is 0 Å². The lowest BCUT2D eigenvalue weighted by atomic mass is 9.33. The van der Waals surface area contributed by atoms with Gasteiger partial charge < -0.3 is 18.9 Å². The van der Waals surface area contributed by atoms with Gasteiger partial charge in [-0.25, -0.2) is 4.39 Å². The van der Waals surface area contributed by atoms with Crippen LogP contribution in [-0.2, 0) is 14.1 Å². The average Bonchev–Trinajstić information content (AvgIpc) is 3.61. The fourth-order valence-electron chi connectivity index (χ4n) is 8.40. The van der Waals surface area contributed by atoms with E-state index in [0.29, 0.717) is 5.69 Å². The molecular formula is C41H30BFN4. The molecule has 0 spiro atoms. The molecule has 0 atom stereocenters. The molecule has 0 N–H and O–H groups in total. The van der Waals surface area contributed by atoms with E-state index in [0.717, 1.165) is 28.3 Å². The Morgan fingerprint density at radius 2 is 1.30 bits per heavy atom. The van der Waals surface area contributed by atoms with Crippen molar-refractivity contribution in [1.29, 1.82) is 0 Å². The third kappa shape index (κ3) is 3.42. The number of halogens is 1. The first-order valence-electron chi connectivity index (χ1n) is 16.1. The number of anilines is 6. The van der Waals surface area contributed by atoms with Crippen LogP contribution in [0.4, 0.5) is 38.5 Å². The summed E-state index contributed by atoms with van der Waals surface area (Å²) >= 11 is 0. The second kappa shape index (κ2) is 9.40. The number of hydrogen-bond acceptors (Lipinski definition) is 2. The van der Waals surface area contributed by atoms with Crippen LogP contribution in [-0.4, -0.2) is 15.8 Å². The van der Waals surface area contributed by atoms with Crippen molar-refractivity contribution in [3.63, 3.8) is 0 Å². The van der Waals surface area contributed by atoms with Gasteiger partial charge in [0.25, 0.3) is 6.71 Å². The van der Waals surface area contributed by atoms with Crippen molar-refractivity contribution in [2.45, 2.75) is 6.92 Å². The molecule has 10 rings (SSSR count). The number of aromatic nitrogens is 2. The standard InChI is InChI=1S/C41H30BFN4/c1-25-11-4-7-14-32(25)47-36-18-10-17-35-39(36)42(29-20-19-26-21-22-44(2)40(26)41(29)47)30-23-28-27-12-5-8-15-33(27)45(3)37(28)24-38(30)46(35)34-16-9-6-13-31(34)43/h4-24H,1-3H3. The van der Waals surface area contributed by atoms with Gasteiger partial charge in [0.2, 0.25) is 0 Å². The summed E-state index contributed by atoms with van der Waals surface area (Å²) in [5, 5.41) is 3.64. The van der Waals surface area contributed by atoms with Crippen molar-refractivity contribution >= 4 is 89.9 Å². The summed E-state index contributed by atoms with van der Waals surface area (Å²) in [6.07, 6.45) is 2.15. The molecule has 6 aromatic carbocycles. The van der Waals surface area contributed by atoms with E-state index >= 15 is 4.39 Å². The number of benzene rings is 6. The van der Waals surface area contributed by atoms with Gasteiger partial charge in [-0.05, 0) is 77.4 Å². The summed E-state index contributed by atoms with van der Waals surface area (Å²) < 4.78 is 20.5.